The number of pyridine rings is 1. The van der Waals surface area contributed by atoms with Crippen molar-refractivity contribution in [3.05, 3.63) is 24.0 Å². The van der Waals surface area contributed by atoms with E-state index in [4.69, 9.17) is 15.2 Å². The molecule has 0 radical (unpaired) electrons. The summed E-state index contributed by atoms with van der Waals surface area (Å²) in [5.74, 6) is 0.770. The van der Waals surface area contributed by atoms with E-state index in [2.05, 4.69) is 11.9 Å². The summed E-state index contributed by atoms with van der Waals surface area (Å²) in [5.41, 5.74) is 7.19. The van der Waals surface area contributed by atoms with Gasteiger partial charge in [-0.2, -0.15) is 0 Å². The molecule has 3 atom stereocenters. The summed E-state index contributed by atoms with van der Waals surface area (Å²) in [4.78, 5) is 4.15. The second-order valence-corrected chi connectivity index (χ2v) is 4.48. The Morgan fingerprint density at radius 3 is 3.00 bits per heavy atom. The second-order valence-electron chi connectivity index (χ2n) is 4.48. The van der Waals surface area contributed by atoms with Crippen LogP contribution >= 0.6 is 0 Å². The van der Waals surface area contributed by atoms with Crippen LogP contribution in [0.2, 0.25) is 0 Å². The molecule has 0 bridgehead atoms. The Morgan fingerprint density at radius 1 is 1.53 bits per heavy atom. The molecular formula is C13H20N2O2. The molecule has 2 N–H and O–H groups in total. The summed E-state index contributed by atoms with van der Waals surface area (Å²) in [6, 6.07) is 1.83. The molecular weight excluding hydrogens is 216 g/mol. The zero-order chi connectivity index (χ0) is 12.3. The zero-order valence-electron chi connectivity index (χ0n) is 10.4. The summed E-state index contributed by atoms with van der Waals surface area (Å²) in [7, 11) is 0. The molecule has 1 fully saturated rings. The lowest BCUT2D eigenvalue weighted by Crippen LogP contribution is -2.26. The van der Waals surface area contributed by atoms with Gasteiger partial charge in [0.05, 0.1) is 31.1 Å². The molecule has 17 heavy (non-hydrogen) atoms. The zero-order valence-corrected chi connectivity index (χ0v) is 10.4. The van der Waals surface area contributed by atoms with Crippen molar-refractivity contribution in [3.63, 3.8) is 0 Å². The number of aromatic nitrogens is 1. The number of ether oxygens (including phenoxy) is 2. The predicted octanol–water partition coefficient (Wildman–Crippen LogP) is 2.05. The molecule has 2 heterocycles. The van der Waals surface area contributed by atoms with Gasteiger partial charge >= 0.3 is 0 Å². The van der Waals surface area contributed by atoms with Crippen LogP contribution < -0.4 is 10.5 Å². The molecule has 94 valence electrons. The minimum Gasteiger partial charge on any atom is -0.492 e. The molecule has 2 rings (SSSR count). The Balaban J connectivity index is 2.07. The average molecular weight is 236 g/mol. The van der Waals surface area contributed by atoms with E-state index in [0.717, 1.165) is 24.2 Å². The van der Waals surface area contributed by atoms with E-state index in [-0.39, 0.29) is 12.1 Å². The fourth-order valence-corrected chi connectivity index (χ4v) is 2.18. The third-order valence-electron chi connectivity index (χ3n) is 3.10. The van der Waals surface area contributed by atoms with Crippen LogP contribution in [0.25, 0.3) is 0 Å². The van der Waals surface area contributed by atoms with Gasteiger partial charge in [0.25, 0.3) is 0 Å². The van der Waals surface area contributed by atoms with Gasteiger partial charge in [0.2, 0.25) is 0 Å². The van der Waals surface area contributed by atoms with Gasteiger partial charge < -0.3 is 15.2 Å². The van der Waals surface area contributed by atoms with E-state index in [0.29, 0.717) is 12.7 Å². The summed E-state index contributed by atoms with van der Waals surface area (Å²) < 4.78 is 11.2. The van der Waals surface area contributed by atoms with Crippen molar-refractivity contribution in [2.45, 2.75) is 44.9 Å². The molecule has 4 nitrogen and oxygen atoms in total. The van der Waals surface area contributed by atoms with E-state index < -0.39 is 0 Å². The molecule has 1 aliphatic rings. The summed E-state index contributed by atoms with van der Waals surface area (Å²) >= 11 is 0. The molecule has 0 saturated carbocycles. The maximum Gasteiger partial charge on any atom is 0.137 e. The standard InChI is InChI=1S/C13H20N2O2/c1-3-16-11-6-10(7-15-8-11)13(14)12-5-4-9(2)17-12/h6-9,12-13H,3-5,14H2,1-2H3. The van der Waals surface area contributed by atoms with Gasteiger partial charge in [0.1, 0.15) is 5.75 Å². The van der Waals surface area contributed by atoms with E-state index in [9.17, 15) is 0 Å². The Morgan fingerprint density at radius 2 is 2.35 bits per heavy atom. The fourth-order valence-electron chi connectivity index (χ4n) is 2.18. The molecule has 0 spiro atoms. The van der Waals surface area contributed by atoms with Crippen LogP contribution in [0, 0.1) is 0 Å². The van der Waals surface area contributed by atoms with Crippen molar-refractivity contribution in [3.8, 4) is 5.75 Å². The molecule has 0 aromatic carbocycles. The molecule has 1 saturated heterocycles. The molecule has 1 aromatic heterocycles. The maximum atomic E-state index is 6.21. The van der Waals surface area contributed by atoms with Crippen LogP contribution in [-0.4, -0.2) is 23.8 Å². The Labute approximate surface area is 102 Å². The van der Waals surface area contributed by atoms with E-state index in [1.165, 1.54) is 0 Å². The Kier molecular flexibility index (Phi) is 3.97. The maximum absolute atomic E-state index is 6.21. The van der Waals surface area contributed by atoms with Gasteiger partial charge in [-0.1, -0.05) is 0 Å². The highest BCUT2D eigenvalue weighted by molar-refractivity contribution is 5.26. The van der Waals surface area contributed by atoms with Crippen molar-refractivity contribution in [1.82, 2.24) is 4.98 Å². The van der Waals surface area contributed by atoms with Crippen molar-refractivity contribution < 1.29 is 9.47 Å². The van der Waals surface area contributed by atoms with E-state index in [1.807, 2.05) is 13.0 Å². The number of nitrogens with two attached hydrogens (primary N) is 1. The number of rotatable bonds is 4. The van der Waals surface area contributed by atoms with E-state index in [1.54, 1.807) is 12.4 Å². The van der Waals surface area contributed by atoms with Crippen LogP contribution in [0.3, 0.4) is 0 Å². The summed E-state index contributed by atoms with van der Waals surface area (Å²) in [6.45, 7) is 4.67. The van der Waals surface area contributed by atoms with Gasteiger partial charge in [0, 0.05) is 6.20 Å². The monoisotopic (exact) mass is 236 g/mol. The first kappa shape index (κ1) is 12.3. The molecule has 4 heteroatoms. The van der Waals surface area contributed by atoms with Crippen molar-refractivity contribution in [2.75, 3.05) is 6.61 Å². The van der Waals surface area contributed by atoms with Crippen LogP contribution in [0.1, 0.15) is 38.3 Å². The lowest BCUT2D eigenvalue weighted by atomic mass is 10.0. The first-order valence-electron chi connectivity index (χ1n) is 6.19. The average Bonchev–Trinajstić information content (AvgIpc) is 2.76. The SMILES string of the molecule is CCOc1cncc(C(N)C2CCC(C)O2)c1. The lowest BCUT2D eigenvalue weighted by Gasteiger charge is -2.20. The minimum atomic E-state index is -0.118. The first-order chi connectivity index (χ1) is 8.20. The second kappa shape index (κ2) is 5.47. The molecule has 1 aromatic rings. The quantitative estimate of drug-likeness (QED) is 0.869. The Hall–Kier alpha value is -1.13. The van der Waals surface area contributed by atoms with Crippen molar-refractivity contribution in [2.24, 2.45) is 5.73 Å². The normalized spacial score (nSPS) is 25.8. The summed E-state index contributed by atoms with van der Waals surface area (Å²) in [5, 5.41) is 0. The molecule has 0 aliphatic carbocycles. The lowest BCUT2D eigenvalue weighted by molar-refractivity contribution is 0.0400. The van der Waals surface area contributed by atoms with Crippen LogP contribution in [0.4, 0.5) is 0 Å². The van der Waals surface area contributed by atoms with E-state index >= 15 is 0 Å². The third-order valence-corrected chi connectivity index (χ3v) is 3.10. The number of hydrogen-bond acceptors (Lipinski definition) is 4. The minimum absolute atomic E-state index is 0.101. The van der Waals surface area contributed by atoms with Gasteiger partial charge in [-0.05, 0) is 38.3 Å². The van der Waals surface area contributed by atoms with Crippen molar-refractivity contribution >= 4 is 0 Å². The fraction of sp³-hybridized carbons (Fsp3) is 0.615. The van der Waals surface area contributed by atoms with Crippen molar-refractivity contribution in [1.29, 1.82) is 0 Å². The highest BCUT2D eigenvalue weighted by Gasteiger charge is 2.28. The van der Waals surface area contributed by atoms with Crippen LogP contribution in [0.15, 0.2) is 18.5 Å². The van der Waals surface area contributed by atoms with Gasteiger partial charge in [0.15, 0.2) is 0 Å². The Bertz CT molecular complexity index is 370. The predicted molar refractivity (Wildman–Crippen MR) is 65.9 cm³/mol. The van der Waals surface area contributed by atoms with Crippen LogP contribution in [-0.2, 0) is 4.74 Å². The molecule has 1 aliphatic heterocycles. The highest BCUT2D eigenvalue weighted by atomic mass is 16.5. The largest absolute Gasteiger partial charge is 0.492 e. The molecule has 0 amide bonds. The number of hydrogen-bond donors (Lipinski definition) is 1. The number of nitrogens with zero attached hydrogens (tertiary/aromatic N) is 1. The van der Waals surface area contributed by atoms with Gasteiger partial charge in [-0.25, -0.2) is 0 Å². The topological polar surface area (TPSA) is 57.4 Å². The van der Waals surface area contributed by atoms with Gasteiger partial charge in [-0.3, -0.25) is 4.98 Å². The third kappa shape index (κ3) is 2.96. The highest BCUT2D eigenvalue weighted by Crippen LogP contribution is 2.29. The van der Waals surface area contributed by atoms with Gasteiger partial charge in [-0.15, -0.1) is 0 Å². The van der Waals surface area contributed by atoms with Crippen LogP contribution in [0.5, 0.6) is 5.75 Å². The molecule has 3 unspecified atom stereocenters. The first-order valence-corrected chi connectivity index (χ1v) is 6.19. The smallest absolute Gasteiger partial charge is 0.137 e. The summed E-state index contributed by atoms with van der Waals surface area (Å²) in [6.07, 6.45) is 6.01.